The first-order valence-corrected chi connectivity index (χ1v) is 5.88. The Morgan fingerprint density at radius 3 is 2.77 bits per heavy atom. The third-order valence-corrected chi connectivity index (χ3v) is 3.18. The van der Waals surface area contributed by atoms with Gasteiger partial charge in [-0.1, -0.05) is 17.7 Å². The zero-order chi connectivity index (χ0) is 9.90. The van der Waals surface area contributed by atoms with Crippen LogP contribution in [-0.2, 0) is 0 Å². The lowest BCUT2D eigenvalue weighted by Gasteiger charge is -2.19. The number of alkyl halides is 1. The van der Waals surface area contributed by atoms with Crippen molar-refractivity contribution in [1.82, 2.24) is 0 Å². The highest BCUT2D eigenvalue weighted by atomic mass is 79.9. The van der Waals surface area contributed by atoms with Gasteiger partial charge in [0.25, 0.3) is 0 Å². The quantitative estimate of drug-likeness (QED) is 0.490. The monoisotopic (exact) mass is 279 g/mol. The number of hydrogen-bond acceptors (Lipinski definition) is 2. The molecular weight excluding hydrogens is 270 g/mol. The predicted molar refractivity (Wildman–Crippen MR) is 64.7 cm³/mol. The van der Waals surface area contributed by atoms with E-state index in [9.17, 15) is 0 Å². The zero-order valence-corrected chi connectivity index (χ0v) is 10.6. The average Bonchev–Trinajstić information content (AvgIpc) is 2.34. The first-order valence-electron chi connectivity index (χ1n) is 3.90. The highest BCUT2D eigenvalue weighted by Gasteiger charge is 2.16. The number of allylic oxidation sites excluding steroid dienone is 1. The Hall–Kier alpha value is 0.01000. The van der Waals surface area contributed by atoms with Crippen molar-refractivity contribution >= 4 is 43.9 Å². The van der Waals surface area contributed by atoms with Crippen molar-refractivity contribution in [2.24, 2.45) is 0 Å². The first kappa shape index (κ1) is 11.1. The second-order valence-corrected chi connectivity index (χ2v) is 6.05. The van der Waals surface area contributed by atoms with Gasteiger partial charge in [-0.15, -0.1) is 11.3 Å². The topological polar surface area (TPSA) is 12.0 Å². The molecule has 1 heterocycles. The SMILES string of the molecule is C/C=C\C(C)(Cl)Nc1ccc(Br)s1. The van der Waals surface area contributed by atoms with E-state index in [4.69, 9.17) is 11.6 Å². The minimum atomic E-state index is -0.501. The summed E-state index contributed by atoms with van der Waals surface area (Å²) in [5.41, 5.74) is 0. The predicted octanol–water partition coefficient (Wildman–Crippen LogP) is 4.45. The molecule has 1 N–H and O–H groups in total. The maximum Gasteiger partial charge on any atom is 0.129 e. The van der Waals surface area contributed by atoms with Crippen LogP contribution in [0.1, 0.15) is 13.8 Å². The molecule has 1 rings (SSSR count). The molecule has 0 bridgehead atoms. The molecule has 0 fully saturated rings. The van der Waals surface area contributed by atoms with Gasteiger partial charge in [0.15, 0.2) is 0 Å². The van der Waals surface area contributed by atoms with Crippen LogP contribution in [0.4, 0.5) is 5.00 Å². The number of anilines is 1. The molecule has 1 aromatic heterocycles. The van der Waals surface area contributed by atoms with Crippen molar-refractivity contribution in [2.75, 3.05) is 5.32 Å². The highest BCUT2D eigenvalue weighted by molar-refractivity contribution is 9.11. The Labute approximate surface area is 95.9 Å². The number of thiophene rings is 1. The van der Waals surface area contributed by atoms with Gasteiger partial charge in [-0.2, -0.15) is 0 Å². The van der Waals surface area contributed by atoms with Gasteiger partial charge in [0.1, 0.15) is 5.00 Å². The zero-order valence-electron chi connectivity index (χ0n) is 7.47. The van der Waals surface area contributed by atoms with Crippen molar-refractivity contribution in [1.29, 1.82) is 0 Å². The number of nitrogens with one attached hydrogen (secondary N) is 1. The fourth-order valence-electron chi connectivity index (χ4n) is 0.977. The van der Waals surface area contributed by atoms with Gasteiger partial charge in [0.2, 0.25) is 0 Å². The molecule has 0 amide bonds. The molecule has 0 saturated heterocycles. The van der Waals surface area contributed by atoms with E-state index in [0.717, 1.165) is 8.79 Å². The second-order valence-electron chi connectivity index (χ2n) is 2.80. The average molecular weight is 281 g/mol. The minimum Gasteiger partial charge on any atom is -0.356 e. The molecule has 0 aliphatic heterocycles. The lowest BCUT2D eigenvalue weighted by Crippen LogP contribution is -2.23. The summed E-state index contributed by atoms with van der Waals surface area (Å²) in [6, 6.07) is 3.99. The lowest BCUT2D eigenvalue weighted by molar-refractivity contribution is 0.904. The third kappa shape index (κ3) is 3.71. The Bertz CT molecular complexity index is 306. The van der Waals surface area contributed by atoms with Crippen molar-refractivity contribution in [3.63, 3.8) is 0 Å². The van der Waals surface area contributed by atoms with Crippen LogP contribution in [0.3, 0.4) is 0 Å². The summed E-state index contributed by atoms with van der Waals surface area (Å²) >= 11 is 11.2. The van der Waals surface area contributed by atoms with Crippen LogP contribution >= 0.6 is 38.9 Å². The molecule has 0 radical (unpaired) electrons. The maximum atomic E-state index is 6.17. The molecule has 1 nitrogen and oxygen atoms in total. The molecule has 0 aliphatic carbocycles. The summed E-state index contributed by atoms with van der Waals surface area (Å²) in [6.45, 7) is 3.87. The molecular formula is C9H11BrClNS. The molecule has 1 unspecified atom stereocenters. The van der Waals surface area contributed by atoms with E-state index in [1.807, 2.05) is 38.1 Å². The fraction of sp³-hybridized carbons (Fsp3) is 0.333. The van der Waals surface area contributed by atoms with Gasteiger partial charge in [-0.25, -0.2) is 0 Å². The van der Waals surface area contributed by atoms with E-state index >= 15 is 0 Å². The van der Waals surface area contributed by atoms with Crippen LogP contribution in [0, 0.1) is 0 Å². The summed E-state index contributed by atoms with van der Waals surface area (Å²) < 4.78 is 1.10. The maximum absolute atomic E-state index is 6.17. The number of rotatable bonds is 3. The Kier molecular flexibility index (Phi) is 3.83. The highest BCUT2D eigenvalue weighted by Crippen LogP contribution is 2.30. The summed E-state index contributed by atoms with van der Waals surface area (Å²) in [6.07, 6.45) is 3.85. The van der Waals surface area contributed by atoms with E-state index in [-0.39, 0.29) is 0 Å². The number of halogens is 2. The summed E-state index contributed by atoms with van der Waals surface area (Å²) in [5, 5.41) is 4.26. The van der Waals surface area contributed by atoms with Gasteiger partial charge in [0.05, 0.1) is 8.79 Å². The molecule has 0 aromatic carbocycles. The van der Waals surface area contributed by atoms with E-state index in [0.29, 0.717) is 0 Å². The van der Waals surface area contributed by atoms with Crippen LogP contribution in [0.25, 0.3) is 0 Å². The third-order valence-electron chi connectivity index (χ3n) is 1.42. The molecule has 0 saturated carbocycles. The van der Waals surface area contributed by atoms with E-state index in [1.54, 1.807) is 11.3 Å². The Morgan fingerprint density at radius 1 is 1.62 bits per heavy atom. The van der Waals surface area contributed by atoms with E-state index < -0.39 is 5.00 Å². The van der Waals surface area contributed by atoms with Crippen LogP contribution < -0.4 is 5.32 Å². The van der Waals surface area contributed by atoms with Crippen molar-refractivity contribution < 1.29 is 0 Å². The van der Waals surface area contributed by atoms with Crippen LogP contribution in [-0.4, -0.2) is 5.00 Å². The normalized spacial score (nSPS) is 16.0. The van der Waals surface area contributed by atoms with Crippen LogP contribution in [0.2, 0.25) is 0 Å². The molecule has 1 aromatic rings. The minimum absolute atomic E-state index is 0.501. The van der Waals surface area contributed by atoms with Crippen LogP contribution in [0.15, 0.2) is 28.1 Å². The van der Waals surface area contributed by atoms with Crippen LogP contribution in [0.5, 0.6) is 0 Å². The Balaban J connectivity index is 2.68. The van der Waals surface area contributed by atoms with Gasteiger partial charge in [-0.3, -0.25) is 0 Å². The Morgan fingerprint density at radius 2 is 2.31 bits per heavy atom. The smallest absolute Gasteiger partial charge is 0.129 e. The number of hydrogen-bond donors (Lipinski definition) is 1. The molecule has 1 atom stereocenters. The second kappa shape index (κ2) is 4.49. The van der Waals surface area contributed by atoms with Gasteiger partial charge < -0.3 is 5.32 Å². The molecule has 4 heteroatoms. The standard InChI is InChI=1S/C9H11BrClNS/c1-3-6-9(2,11)12-8-5-4-7(10)13-8/h3-6,12H,1-2H3/b6-3-. The summed E-state index contributed by atoms with van der Waals surface area (Å²) in [4.78, 5) is -0.501. The molecule has 72 valence electrons. The molecule has 0 spiro atoms. The van der Waals surface area contributed by atoms with E-state index in [1.165, 1.54) is 0 Å². The molecule has 13 heavy (non-hydrogen) atoms. The van der Waals surface area contributed by atoms with Gasteiger partial charge in [0, 0.05) is 0 Å². The molecule has 0 aliphatic rings. The first-order chi connectivity index (χ1) is 6.03. The lowest BCUT2D eigenvalue weighted by atomic mass is 10.3. The van der Waals surface area contributed by atoms with Gasteiger partial charge in [-0.05, 0) is 48.0 Å². The summed E-state index contributed by atoms with van der Waals surface area (Å²) in [5.74, 6) is 0. The van der Waals surface area contributed by atoms with E-state index in [2.05, 4.69) is 21.2 Å². The summed E-state index contributed by atoms with van der Waals surface area (Å²) in [7, 11) is 0. The van der Waals surface area contributed by atoms with Crippen molar-refractivity contribution in [3.8, 4) is 0 Å². The van der Waals surface area contributed by atoms with Crippen molar-refractivity contribution in [3.05, 3.63) is 28.1 Å². The van der Waals surface area contributed by atoms with Gasteiger partial charge >= 0.3 is 0 Å². The largest absolute Gasteiger partial charge is 0.356 e. The fourth-order valence-corrected chi connectivity index (χ4v) is 2.66. The van der Waals surface area contributed by atoms with Crippen molar-refractivity contribution in [2.45, 2.75) is 18.8 Å².